The smallest absolute Gasteiger partial charge is 0.336 e. The molecule has 0 fully saturated rings. The van der Waals surface area contributed by atoms with Crippen molar-refractivity contribution in [3.63, 3.8) is 0 Å². The molecule has 1 atom stereocenters. The summed E-state index contributed by atoms with van der Waals surface area (Å²) >= 11 is 0. The minimum absolute atomic E-state index is 0.0561. The number of likely N-dealkylation sites (N-methyl/N-ethyl adjacent to an activating group) is 1. The van der Waals surface area contributed by atoms with E-state index >= 15 is 0 Å². The highest BCUT2D eigenvalue weighted by atomic mass is 32.2. The summed E-state index contributed by atoms with van der Waals surface area (Å²) in [7, 11) is -0.212. The summed E-state index contributed by atoms with van der Waals surface area (Å²) in [5.74, 6) is -0.377. The maximum atomic E-state index is 13.5. The number of hydrogen-bond acceptors (Lipinski definition) is 5. The first-order chi connectivity index (χ1) is 12.8. The van der Waals surface area contributed by atoms with E-state index in [1.165, 1.54) is 42.5 Å². The van der Waals surface area contributed by atoms with Crippen LogP contribution in [0, 0.1) is 5.82 Å². The van der Waals surface area contributed by atoms with E-state index in [9.17, 15) is 17.6 Å². The van der Waals surface area contributed by atoms with Gasteiger partial charge in [0.05, 0.1) is 4.90 Å². The number of nitrogens with one attached hydrogen (secondary N) is 1. The lowest BCUT2D eigenvalue weighted by Crippen LogP contribution is -2.34. The van der Waals surface area contributed by atoms with Crippen LogP contribution in [0.4, 0.5) is 4.39 Å². The molecule has 27 heavy (non-hydrogen) atoms. The highest BCUT2D eigenvalue weighted by Gasteiger charge is 2.20. The van der Waals surface area contributed by atoms with Crippen molar-refractivity contribution in [2.75, 3.05) is 20.6 Å². The van der Waals surface area contributed by atoms with E-state index < -0.39 is 15.6 Å². The predicted octanol–water partition coefficient (Wildman–Crippen LogP) is 2.51. The Balaban J connectivity index is 1.84. The Kier molecular flexibility index (Phi) is 5.41. The Hall–Kier alpha value is -2.55. The van der Waals surface area contributed by atoms with Crippen molar-refractivity contribution in [1.29, 1.82) is 0 Å². The van der Waals surface area contributed by atoms with Gasteiger partial charge >= 0.3 is 5.63 Å². The van der Waals surface area contributed by atoms with Crippen LogP contribution < -0.4 is 10.3 Å². The summed E-state index contributed by atoms with van der Waals surface area (Å²) in [6.07, 6.45) is 0. The zero-order chi connectivity index (χ0) is 19.6. The molecule has 1 unspecified atom stereocenters. The molecule has 0 bridgehead atoms. The molecule has 0 aliphatic rings. The fourth-order valence-electron chi connectivity index (χ4n) is 2.80. The average Bonchev–Trinajstić information content (AvgIpc) is 2.61. The molecular formula is C19H19FN2O4S. The van der Waals surface area contributed by atoms with Crippen molar-refractivity contribution in [2.24, 2.45) is 0 Å². The van der Waals surface area contributed by atoms with Crippen LogP contribution in [0.25, 0.3) is 11.0 Å². The topological polar surface area (TPSA) is 79.6 Å². The van der Waals surface area contributed by atoms with E-state index in [1.54, 1.807) is 26.2 Å². The average molecular weight is 390 g/mol. The third kappa shape index (κ3) is 4.41. The van der Waals surface area contributed by atoms with Crippen LogP contribution in [0.15, 0.2) is 68.7 Å². The second-order valence-corrected chi connectivity index (χ2v) is 8.11. The van der Waals surface area contributed by atoms with Crippen LogP contribution in [-0.2, 0) is 10.0 Å². The molecule has 0 aliphatic carbocycles. The number of nitrogens with zero attached hydrogens (tertiary/aromatic N) is 1. The van der Waals surface area contributed by atoms with Gasteiger partial charge in [-0.15, -0.1) is 0 Å². The zero-order valence-electron chi connectivity index (χ0n) is 14.8. The van der Waals surface area contributed by atoms with Gasteiger partial charge in [0.25, 0.3) is 0 Å². The molecule has 1 aromatic heterocycles. The SMILES string of the molecule is CN(C)C(CNS(=O)(=O)c1ccc2oc(=O)ccc2c1)c1cccc(F)c1. The molecule has 3 aromatic rings. The third-order valence-electron chi connectivity index (χ3n) is 4.22. The molecule has 1 heterocycles. The molecule has 3 rings (SSSR count). The number of rotatable bonds is 6. The minimum atomic E-state index is -3.80. The molecule has 0 radical (unpaired) electrons. The number of hydrogen-bond donors (Lipinski definition) is 1. The van der Waals surface area contributed by atoms with Crippen LogP contribution in [0.2, 0.25) is 0 Å². The summed E-state index contributed by atoms with van der Waals surface area (Å²) < 4.78 is 46.4. The summed E-state index contributed by atoms with van der Waals surface area (Å²) in [4.78, 5) is 13.1. The van der Waals surface area contributed by atoms with E-state index in [4.69, 9.17) is 4.42 Å². The molecule has 2 aromatic carbocycles. The van der Waals surface area contributed by atoms with E-state index in [0.717, 1.165) is 0 Å². The van der Waals surface area contributed by atoms with Gasteiger partial charge in [0, 0.05) is 24.0 Å². The molecule has 0 saturated carbocycles. The summed E-state index contributed by atoms with van der Waals surface area (Å²) in [6.45, 7) is 0.0701. The van der Waals surface area contributed by atoms with Crippen molar-refractivity contribution >= 4 is 21.0 Å². The molecule has 0 aliphatic heterocycles. The maximum absolute atomic E-state index is 13.5. The van der Waals surface area contributed by atoms with E-state index in [2.05, 4.69) is 4.72 Å². The fourth-order valence-corrected chi connectivity index (χ4v) is 3.87. The molecule has 0 saturated heterocycles. The van der Waals surface area contributed by atoms with Crippen LogP contribution in [-0.4, -0.2) is 34.0 Å². The van der Waals surface area contributed by atoms with Gasteiger partial charge in [-0.25, -0.2) is 22.3 Å². The number of halogens is 1. The molecule has 0 amide bonds. The molecular weight excluding hydrogens is 371 g/mol. The van der Waals surface area contributed by atoms with E-state index in [-0.39, 0.29) is 23.3 Å². The van der Waals surface area contributed by atoms with Crippen molar-refractivity contribution in [3.8, 4) is 0 Å². The largest absolute Gasteiger partial charge is 0.423 e. The van der Waals surface area contributed by atoms with Crippen LogP contribution in [0.5, 0.6) is 0 Å². The van der Waals surface area contributed by atoms with Gasteiger partial charge in [0.1, 0.15) is 11.4 Å². The fraction of sp³-hybridized carbons (Fsp3) is 0.211. The Morgan fingerprint density at radius 1 is 1.11 bits per heavy atom. The molecule has 0 spiro atoms. The quantitative estimate of drug-likeness (QED) is 0.654. The lowest BCUT2D eigenvalue weighted by molar-refractivity contribution is 0.299. The minimum Gasteiger partial charge on any atom is -0.423 e. The first kappa shape index (κ1) is 19.2. The predicted molar refractivity (Wildman–Crippen MR) is 101 cm³/mol. The van der Waals surface area contributed by atoms with Gasteiger partial charge in [-0.3, -0.25) is 0 Å². The van der Waals surface area contributed by atoms with Gasteiger partial charge in [-0.05, 0) is 56.1 Å². The number of sulfonamides is 1. The standard InChI is InChI=1S/C19H19FN2O4S/c1-22(2)17(13-4-3-5-15(20)10-13)12-21-27(24,25)16-7-8-18-14(11-16)6-9-19(23)26-18/h3-11,17,21H,12H2,1-2H3. The molecule has 142 valence electrons. The van der Waals surface area contributed by atoms with E-state index in [1.807, 2.05) is 4.90 Å². The van der Waals surface area contributed by atoms with Gasteiger partial charge in [0.15, 0.2) is 0 Å². The molecule has 1 N–H and O–H groups in total. The summed E-state index contributed by atoms with van der Waals surface area (Å²) in [5, 5.41) is 0.506. The highest BCUT2D eigenvalue weighted by molar-refractivity contribution is 7.89. The summed E-state index contributed by atoms with van der Waals surface area (Å²) in [6, 6.07) is 12.7. The van der Waals surface area contributed by atoms with Crippen LogP contribution in [0.1, 0.15) is 11.6 Å². The second kappa shape index (κ2) is 7.59. The number of fused-ring (bicyclic) bond motifs is 1. The normalized spacial score (nSPS) is 13.2. The van der Waals surface area contributed by atoms with Crippen molar-refractivity contribution in [3.05, 3.63) is 76.4 Å². The Bertz CT molecular complexity index is 1130. The lowest BCUT2D eigenvalue weighted by atomic mass is 10.1. The maximum Gasteiger partial charge on any atom is 0.336 e. The lowest BCUT2D eigenvalue weighted by Gasteiger charge is -2.25. The van der Waals surface area contributed by atoms with Gasteiger partial charge in [-0.1, -0.05) is 12.1 Å². The molecule has 8 heteroatoms. The van der Waals surface area contributed by atoms with Gasteiger partial charge < -0.3 is 9.32 Å². The Morgan fingerprint density at radius 2 is 1.89 bits per heavy atom. The number of benzene rings is 2. The Labute approximate surface area is 156 Å². The monoisotopic (exact) mass is 390 g/mol. The molecule has 6 nitrogen and oxygen atoms in total. The van der Waals surface area contributed by atoms with E-state index in [0.29, 0.717) is 16.5 Å². The third-order valence-corrected chi connectivity index (χ3v) is 5.65. The van der Waals surface area contributed by atoms with Crippen LogP contribution >= 0.6 is 0 Å². The summed E-state index contributed by atoms with van der Waals surface area (Å²) in [5.41, 5.74) is 0.482. The first-order valence-electron chi connectivity index (χ1n) is 8.22. The second-order valence-electron chi connectivity index (χ2n) is 6.34. The van der Waals surface area contributed by atoms with Gasteiger partial charge in [-0.2, -0.15) is 0 Å². The van der Waals surface area contributed by atoms with Crippen LogP contribution in [0.3, 0.4) is 0 Å². The zero-order valence-corrected chi connectivity index (χ0v) is 15.7. The van der Waals surface area contributed by atoms with Crippen molar-refractivity contribution in [2.45, 2.75) is 10.9 Å². The Morgan fingerprint density at radius 3 is 2.59 bits per heavy atom. The van der Waals surface area contributed by atoms with Crippen molar-refractivity contribution in [1.82, 2.24) is 9.62 Å². The van der Waals surface area contributed by atoms with Gasteiger partial charge in [0.2, 0.25) is 10.0 Å². The van der Waals surface area contributed by atoms with Crippen molar-refractivity contribution < 1.29 is 17.2 Å². The highest BCUT2D eigenvalue weighted by Crippen LogP contribution is 2.21. The first-order valence-corrected chi connectivity index (χ1v) is 9.70.